The maximum atomic E-state index is 14.5. The average Bonchev–Trinajstić information content (AvgIpc) is 3.61. The molecule has 2 fully saturated rings. The Kier molecular flexibility index (Phi) is 8.50. The first kappa shape index (κ1) is 30.3. The molecule has 3 aliphatic heterocycles. The van der Waals surface area contributed by atoms with Crippen LogP contribution in [0, 0.1) is 11.8 Å². The lowest BCUT2D eigenvalue weighted by molar-refractivity contribution is -0.146. The normalized spacial score (nSPS) is 24.7. The summed E-state index contributed by atoms with van der Waals surface area (Å²) < 4.78 is 7.42. The molecule has 1 saturated carbocycles. The highest BCUT2D eigenvalue weighted by atomic mass is 79.9. The fourth-order valence-corrected chi connectivity index (χ4v) is 7.89. The van der Waals surface area contributed by atoms with Crippen molar-refractivity contribution in [2.24, 2.45) is 11.8 Å². The van der Waals surface area contributed by atoms with E-state index in [1.807, 2.05) is 12.1 Å². The summed E-state index contributed by atoms with van der Waals surface area (Å²) in [5.41, 5.74) is 2.41. The van der Waals surface area contributed by atoms with Crippen molar-refractivity contribution >= 4 is 45.5 Å². The predicted octanol–water partition coefficient (Wildman–Crippen LogP) is 3.72. The molecule has 0 bridgehead atoms. The first-order valence-corrected chi connectivity index (χ1v) is 16.2. The van der Waals surface area contributed by atoms with Gasteiger partial charge in [-0.15, -0.1) is 0 Å². The summed E-state index contributed by atoms with van der Waals surface area (Å²) in [4.78, 5) is 71.2. The van der Waals surface area contributed by atoms with Crippen LogP contribution in [0.25, 0.3) is 0 Å². The minimum Gasteiger partial charge on any atom is -0.488 e. The van der Waals surface area contributed by atoms with Gasteiger partial charge in [-0.3, -0.25) is 28.9 Å². The second kappa shape index (κ2) is 12.3. The van der Waals surface area contributed by atoms with Gasteiger partial charge in [-0.25, -0.2) is 0 Å². The van der Waals surface area contributed by atoms with Crippen LogP contribution in [0.2, 0.25) is 0 Å². The van der Waals surface area contributed by atoms with Crippen molar-refractivity contribution in [1.29, 1.82) is 0 Å². The molecule has 2 aromatic carbocycles. The molecular weight excluding hydrogens is 628 g/mol. The third-order valence-corrected chi connectivity index (χ3v) is 10.4. The average molecular weight is 666 g/mol. The zero-order valence-electron chi connectivity index (χ0n) is 25.0. The number of carbonyl (C=O) groups is 5. The maximum Gasteiger partial charge on any atom is 0.261 e. The third-order valence-electron chi connectivity index (χ3n) is 9.64. The summed E-state index contributed by atoms with van der Waals surface area (Å²) in [6.45, 7) is 2.94. The van der Waals surface area contributed by atoms with Crippen molar-refractivity contribution in [3.8, 4) is 5.75 Å². The number of hydrogen-bond acceptors (Lipinski definition) is 6. The van der Waals surface area contributed by atoms with Crippen LogP contribution in [0.3, 0.4) is 0 Å². The molecule has 4 atom stereocenters. The van der Waals surface area contributed by atoms with Crippen LogP contribution in [0.5, 0.6) is 5.75 Å². The minimum atomic E-state index is -0.682. The Bertz CT molecular complexity index is 1490. The third kappa shape index (κ3) is 5.39. The van der Waals surface area contributed by atoms with Gasteiger partial charge >= 0.3 is 0 Å². The van der Waals surface area contributed by atoms with Crippen LogP contribution in [0.1, 0.15) is 76.9 Å². The van der Waals surface area contributed by atoms with E-state index in [2.05, 4.69) is 21.2 Å². The molecule has 1 aliphatic carbocycles. The van der Waals surface area contributed by atoms with E-state index in [9.17, 15) is 24.0 Å². The fraction of sp³-hybridized carbons (Fsp3) is 0.485. The van der Waals surface area contributed by atoms with Gasteiger partial charge in [0.2, 0.25) is 17.7 Å². The van der Waals surface area contributed by atoms with Crippen molar-refractivity contribution < 1.29 is 28.7 Å². The molecule has 2 aromatic rings. The van der Waals surface area contributed by atoms with Crippen LogP contribution >= 0.6 is 15.9 Å². The lowest BCUT2D eigenvalue weighted by Crippen LogP contribution is -2.51. The van der Waals surface area contributed by atoms with Crippen molar-refractivity contribution in [3.63, 3.8) is 0 Å². The van der Waals surface area contributed by atoms with E-state index in [4.69, 9.17) is 4.74 Å². The highest BCUT2D eigenvalue weighted by Gasteiger charge is 2.45. The Hall–Kier alpha value is -3.73. The Labute approximate surface area is 265 Å². The number of carbonyl (C=O) groups excluding carboxylic acids is 5. The van der Waals surface area contributed by atoms with Gasteiger partial charge in [0, 0.05) is 55.4 Å². The maximum absolute atomic E-state index is 14.5. The quantitative estimate of drug-likeness (QED) is 0.471. The molecule has 0 aromatic heterocycles. The van der Waals surface area contributed by atoms with Gasteiger partial charge in [-0.2, -0.15) is 0 Å². The molecular formula is C33H37BrN4O6. The van der Waals surface area contributed by atoms with Crippen molar-refractivity contribution in [2.75, 3.05) is 33.2 Å². The Balaban J connectivity index is 1.40. The van der Waals surface area contributed by atoms with Gasteiger partial charge in [0.25, 0.3) is 11.8 Å². The number of amides is 5. The van der Waals surface area contributed by atoms with Crippen LogP contribution in [0.15, 0.2) is 40.9 Å². The lowest BCUT2D eigenvalue weighted by atomic mass is 9.77. The van der Waals surface area contributed by atoms with Crippen molar-refractivity contribution in [2.45, 2.75) is 57.6 Å². The minimum absolute atomic E-state index is 0.00707. The van der Waals surface area contributed by atoms with E-state index in [0.717, 1.165) is 28.4 Å². The molecule has 5 amide bonds. The number of fused-ring (bicyclic) bond motifs is 2. The van der Waals surface area contributed by atoms with Crippen LogP contribution < -0.4 is 10.1 Å². The molecule has 232 valence electrons. The zero-order chi connectivity index (χ0) is 31.1. The van der Waals surface area contributed by atoms with Gasteiger partial charge in [0.05, 0.1) is 30.3 Å². The molecule has 6 rings (SSSR count). The van der Waals surface area contributed by atoms with Gasteiger partial charge in [-0.05, 0) is 49.1 Å². The Morgan fingerprint density at radius 2 is 1.64 bits per heavy atom. The number of benzene rings is 2. The lowest BCUT2D eigenvalue weighted by Gasteiger charge is -2.43. The van der Waals surface area contributed by atoms with E-state index in [1.165, 1.54) is 4.90 Å². The number of nitrogens with one attached hydrogen (secondary N) is 1. The SMILES string of the molecule is CNC(=O)[C@@H]1CCCCC1C(=O)N1CCc2c(Br)ccc(OC3CCN(C(C)=O)C3)c2[C@H]1CN1C(=O)c2ccccc2C1=O. The molecule has 4 aliphatic rings. The van der Waals surface area contributed by atoms with Crippen LogP contribution in [0.4, 0.5) is 0 Å². The second-order valence-electron chi connectivity index (χ2n) is 12.1. The topological polar surface area (TPSA) is 116 Å². The summed E-state index contributed by atoms with van der Waals surface area (Å²) in [6, 6.07) is 9.86. The van der Waals surface area contributed by atoms with E-state index in [1.54, 1.807) is 48.0 Å². The summed E-state index contributed by atoms with van der Waals surface area (Å²) >= 11 is 3.70. The van der Waals surface area contributed by atoms with Gasteiger partial charge in [0.15, 0.2) is 0 Å². The molecule has 0 radical (unpaired) electrons. The molecule has 44 heavy (non-hydrogen) atoms. The monoisotopic (exact) mass is 664 g/mol. The first-order valence-electron chi connectivity index (χ1n) is 15.4. The Morgan fingerprint density at radius 3 is 2.27 bits per heavy atom. The zero-order valence-corrected chi connectivity index (χ0v) is 26.6. The summed E-state index contributed by atoms with van der Waals surface area (Å²) in [5.74, 6) is -1.42. The number of nitrogens with zero attached hydrogens (tertiary/aromatic N) is 3. The number of hydrogen-bond donors (Lipinski definition) is 1. The van der Waals surface area contributed by atoms with E-state index in [0.29, 0.717) is 62.2 Å². The molecule has 10 nitrogen and oxygen atoms in total. The highest BCUT2D eigenvalue weighted by Crippen LogP contribution is 2.44. The predicted molar refractivity (Wildman–Crippen MR) is 165 cm³/mol. The fourth-order valence-electron chi connectivity index (χ4n) is 7.34. The summed E-state index contributed by atoms with van der Waals surface area (Å²) in [7, 11) is 1.60. The van der Waals surface area contributed by atoms with Gasteiger partial charge < -0.3 is 19.9 Å². The smallest absolute Gasteiger partial charge is 0.261 e. The molecule has 3 heterocycles. The first-order chi connectivity index (χ1) is 21.2. The molecule has 0 spiro atoms. The number of imide groups is 1. The summed E-state index contributed by atoms with van der Waals surface area (Å²) in [6.07, 6.45) is 3.96. The Morgan fingerprint density at radius 1 is 0.955 bits per heavy atom. The van der Waals surface area contributed by atoms with Crippen molar-refractivity contribution in [3.05, 3.63) is 63.1 Å². The number of likely N-dealkylation sites (tertiary alicyclic amines) is 1. The standard InChI is InChI=1S/C33H37BrN4O6/c1-19(39)36-15-13-20(17-36)44-28-12-11-26(34)25-14-16-37(31(41)22-8-4-3-7-21(22)30(40)35-2)27(29(25)28)18-38-32(42)23-9-5-6-10-24(23)33(38)43/h5-6,9-12,20-22,27H,3-4,7-8,13-18H2,1-2H3,(H,35,40)/t20?,21-,22?,27-/m1/s1. The van der Waals surface area contributed by atoms with Crippen LogP contribution in [-0.4, -0.2) is 83.6 Å². The number of rotatable bonds is 6. The van der Waals surface area contributed by atoms with Gasteiger partial charge in [0.1, 0.15) is 11.9 Å². The molecule has 11 heteroatoms. The highest BCUT2D eigenvalue weighted by molar-refractivity contribution is 9.10. The van der Waals surface area contributed by atoms with E-state index < -0.39 is 29.7 Å². The van der Waals surface area contributed by atoms with Gasteiger partial charge in [-0.1, -0.05) is 40.9 Å². The van der Waals surface area contributed by atoms with E-state index >= 15 is 0 Å². The molecule has 1 saturated heterocycles. The molecule has 2 unspecified atom stereocenters. The largest absolute Gasteiger partial charge is 0.488 e. The summed E-state index contributed by atoms with van der Waals surface area (Å²) in [5, 5.41) is 2.74. The number of halogens is 1. The number of ether oxygens (including phenoxy) is 1. The van der Waals surface area contributed by atoms with Crippen molar-refractivity contribution in [1.82, 2.24) is 20.0 Å². The second-order valence-corrected chi connectivity index (χ2v) is 13.0. The van der Waals surface area contributed by atoms with E-state index in [-0.39, 0.29) is 30.4 Å². The molecule has 1 N–H and O–H groups in total. The van der Waals surface area contributed by atoms with Crippen LogP contribution in [-0.2, 0) is 20.8 Å².